The predicted molar refractivity (Wildman–Crippen MR) is 61.9 cm³/mol. The van der Waals surface area contributed by atoms with Crippen LogP contribution in [0.25, 0.3) is 0 Å². The third-order valence-electron chi connectivity index (χ3n) is 2.00. The molecule has 2 nitrogen and oxygen atoms in total. The first-order valence-corrected chi connectivity index (χ1v) is 6.19. The minimum Gasteiger partial charge on any atom is -0.322 e. The van der Waals surface area contributed by atoms with E-state index >= 15 is 0 Å². The molecule has 1 heterocycles. The number of hydrogen-bond acceptors (Lipinski definition) is 1. The van der Waals surface area contributed by atoms with Crippen molar-refractivity contribution in [1.82, 2.24) is 9.55 Å². The predicted octanol–water partition coefficient (Wildman–Crippen LogP) is 3.77. The molecule has 0 aliphatic carbocycles. The Kier molecular flexibility index (Phi) is 4.46. The number of nitrogens with zero attached hydrogens (tertiary/aromatic N) is 2. The summed E-state index contributed by atoms with van der Waals surface area (Å²) >= 11 is 6.95. The lowest BCUT2D eigenvalue weighted by Gasteiger charge is -2.06. The zero-order valence-electron chi connectivity index (χ0n) is 7.98. The summed E-state index contributed by atoms with van der Waals surface area (Å²) in [6.45, 7) is 5.38. The van der Waals surface area contributed by atoms with Gasteiger partial charge in [-0.05, 0) is 38.3 Å². The summed E-state index contributed by atoms with van der Waals surface area (Å²) in [5, 5.41) is 0. The van der Waals surface area contributed by atoms with E-state index < -0.39 is 0 Å². The lowest BCUT2D eigenvalue weighted by Crippen LogP contribution is -2.03. The molecule has 1 aromatic heterocycles. The van der Waals surface area contributed by atoms with Gasteiger partial charge >= 0.3 is 0 Å². The van der Waals surface area contributed by atoms with Crippen molar-refractivity contribution in [2.24, 2.45) is 0 Å². The van der Waals surface area contributed by atoms with E-state index in [4.69, 9.17) is 0 Å². The van der Waals surface area contributed by atoms with Crippen molar-refractivity contribution in [1.29, 1.82) is 0 Å². The van der Waals surface area contributed by atoms with Crippen LogP contribution in [-0.2, 0) is 13.0 Å². The molecule has 1 rings (SSSR count). The van der Waals surface area contributed by atoms with Crippen LogP contribution in [0.15, 0.2) is 9.21 Å². The van der Waals surface area contributed by atoms with E-state index in [0.717, 1.165) is 28.0 Å². The third kappa shape index (κ3) is 2.56. The van der Waals surface area contributed by atoms with E-state index in [9.17, 15) is 0 Å². The zero-order valence-corrected chi connectivity index (χ0v) is 11.2. The van der Waals surface area contributed by atoms with Gasteiger partial charge in [0.1, 0.15) is 15.0 Å². The van der Waals surface area contributed by atoms with Crippen LogP contribution >= 0.6 is 31.9 Å². The van der Waals surface area contributed by atoms with Gasteiger partial charge < -0.3 is 4.57 Å². The molecule has 0 bridgehead atoms. The van der Waals surface area contributed by atoms with Crippen LogP contribution in [0, 0.1) is 0 Å². The van der Waals surface area contributed by atoms with Gasteiger partial charge in [-0.3, -0.25) is 0 Å². The largest absolute Gasteiger partial charge is 0.322 e. The molecule has 0 aliphatic heterocycles. The minimum absolute atomic E-state index is 0.917. The first-order valence-electron chi connectivity index (χ1n) is 4.61. The smallest absolute Gasteiger partial charge is 0.139 e. The summed E-state index contributed by atoms with van der Waals surface area (Å²) in [6, 6.07) is 0. The highest BCUT2D eigenvalue weighted by Crippen LogP contribution is 2.24. The highest BCUT2D eigenvalue weighted by molar-refractivity contribution is 9.13. The molecule has 0 fully saturated rings. The van der Waals surface area contributed by atoms with Gasteiger partial charge in [0.15, 0.2) is 0 Å². The molecule has 0 spiro atoms. The molecule has 0 radical (unpaired) electrons. The molecule has 4 heteroatoms. The van der Waals surface area contributed by atoms with Gasteiger partial charge in [0.25, 0.3) is 0 Å². The van der Waals surface area contributed by atoms with Crippen molar-refractivity contribution < 1.29 is 0 Å². The lowest BCUT2D eigenvalue weighted by atomic mass is 10.3. The average molecular weight is 310 g/mol. The molecule has 74 valence electrons. The van der Waals surface area contributed by atoms with E-state index in [2.05, 4.69) is 55.3 Å². The molecule has 0 N–H and O–H groups in total. The van der Waals surface area contributed by atoms with Gasteiger partial charge in [-0.15, -0.1) is 0 Å². The summed E-state index contributed by atoms with van der Waals surface area (Å²) < 4.78 is 4.21. The van der Waals surface area contributed by atoms with Crippen LogP contribution in [0.2, 0.25) is 0 Å². The highest BCUT2D eigenvalue weighted by Gasteiger charge is 2.10. The van der Waals surface area contributed by atoms with Crippen molar-refractivity contribution in [3.8, 4) is 0 Å². The summed E-state index contributed by atoms with van der Waals surface area (Å²) in [6.07, 6.45) is 3.40. The molecular weight excluding hydrogens is 296 g/mol. The molecule has 0 amide bonds. The van der Waals surface area contributed by atoms with Gasteiger partial charge in [-0.25, -0.2) is 4.98 Å². The maximum absolute atomic E-state index is 4.41. The number of unbranched alkanes of at least 4 members (excludes halogenated alkanes) is 1. The molecule has 1 aromatic rings. The molecule has 0 atom stereocenters. The number of imidazole rings is 1. The van der Waals surface area contributed by atoms with Crippen LogP contribution in [0.4, 0.5) is 0 Å². The van der Waals surface area contributed by atoms with Crippen LogP contribution in [0.5, 0.6) is 0 Å². The Bertz CT molecular complexity index is 281. The minimum atomic E-state index is 0.917. The normalized spacial score (nSPS) is 10.8. The van der Waals surface area contributed by atoms with E-state index in [1.54, 1.807) is 0 Å². The first kappa shape index (κ1) is 11.2. The number of halogens is 2. The summed E-state index contributed by atoms with van der Waals surface area (Å²) in [5.74, 6) is 1.15. The topological polar surface area (TPSA) is 17.8 Å². The van der Waals surface area contributed by atoms with Crippen LogP contribution in [0.3, 0.4) is 0 Å². The Morgan fingerprint density at radius 1 is 1.31 bits per heavy atom. The first-order chi connectivity index (χ1) is 6.20. The Labute approximate surface area is 96.0 Å². The number of hydrogen-bond donors (Lipinski definition) is 0. The number of rotatable bonds is 4. The van der Waals surface area contributed by atoms with Gasteiger partial charge in [-0.2, -0.15) is 0 Å². The van der Waals surface area contributed by atoms with Crippen molar-refractivity contribution in [2.45, 2.75) is 39.7 Å². The Morgan fingerprint density at radius 3 is 2.54 bits per heavy atom. The number of aryl methyl sites for hydroxylation is 1. The maximum Gasteiger partial charge on any atom is 0.139 e. The second-order valence-corrected chi connectivity index (χ2v) is 4.47. The standard InChI is InChI=1S/C9H14Br2N2/c1-3-5-6-13-7(4-2)12-8(10)9(13)11/h3-6H2,1-2H3. The maximum atomic E-state index is 4.41. The number of aromatic nitrogens is 2. The summed E-state index contributed by atoms with van der Waals surface area (Å²) in [5.41, 5.74) is 0. The van der Waals surface area contributed by atoms with Crippen molar-refractivity contribution in [3.05, 3.63) is 15.0 Å². The average Bonchev–Trinajstić information content (AvgIpc) is 2.40. The van der Waals surface area contributed by atoms with Gasteiger partial charge in [0.05, 0.1) is 0 Å². The van der Waals surface area contributed by atoms with Crippen molar-refractivity contribution >= 4 is 31.9 Å². The van der Waals surface area contributed by atoms with Crippen LogP contribution in [-0.4, -0.2) is 9.55 Å². The van der Waals surface area contributed by atoms with E-state index in [0.29, 0.717) is 0 Å². The Balaban J connectivity index is 2.88. The second-order valence-electron chi connectivity index (χ2n) is 2.97. The zero-order chi connectivity index (χ0) is 9.84. The van der Waals surface area contributed by atoms with E-state index in [1.807, 2.05) is 0 Å². The summed E-state index contributed by atoms with van der Waals surface area (Å²) in [4.78, 5) is 4.41. The molecule has 0 saturated heterocycles. The molecule has 13 heavy (non-hydrogen) atoms. The van der Waals surface area contributed by atoms with E-state index in [-0.39, 0.29) is 0 Å². The molecular formula is C9H14Br2N2. The Morgan fingerprint density at radius 2 is 2.00 bits per heavy atom. The van der Waals surface area contributed by atoms with Gasteiger partial charge in [0, 0.05) is 13.0 Å². The fourth-order valence-corrected chi connectivity index (χ4v) is 2.15. The van der Waals surface area contributed by atoms with Crippen LogP contribution < -0.4 is 0 Å². The third-order valence-corrected chi connectivity index (χ3v) is 3.89. The fourth-order valence-electron chi connectivity index (χ4n) is 1.26. The van der Waals surface area contributed by atoms with Crippen molar-refractivity contribution in [3.63, 3.8) is 0 Å². The van der Waals surface area contributed by atoms with Crippen molar-refractivity contribution in [2.75, 3.05) is 0 Å². The fraction of sp³-hybridized carbons (Fsp3) is 0.667. The molecule has 0 saturated carbocycles. The highest BCUT2D eigenvalue weighted by atomic mass is 79.9. The van der Waals surface area contributed by atoms with Crippen LogP contribution in [0.1, 0.15) is 32.5 Å². The van der Waals surface area contributed by atoms with E-state index in [1.165, 1.54) is 12.8 Å². The Hall–Kier alpha value is 0.170. The SMILES string of the molecule is CCCCn1c(CC)nc(Br)c1Br. The van der Waals surface area contributed by atoms with Gasteiger partial charge in [-0.1, -0.05) is 20.3 Å². The quantitative estimate of drug-likeness (QED) is 0.828. The monoisotopic (exact) mass is 308 g/mol. The summed E-state index contributed by atoms with van der Waals surface area (Å²) in [7, 11) is 0. The molecule has 0 aliphatic rings. The lowest BCUT2D eigenvalue weighted by molar-refractivity contribution is 0.597. The van der Waals surface area contributed by atoms with Gasteiger partial charge in [0.2, 0.25) is 0 Å². The second kappa shape index (κ2) is 5.15. The molecule has 0 unspecified atom stereocenters. The molecule has 0 aromatic carbocycles.